The van der Waals surface area contributed by atoms with Gasteiger partial charge in [0.05, 0.1) is 5.56 Å². The Morgan fingerprint density at radius 1 is 1.61 bits per heavy atom. The highest BCUT2D eigenvalue weighted by atomic mass is 79.9. The number of carbonyl (C=O) groups excluding carboxylic acids is 1. The van der Waals surface area contributed by atoms with Crippen LogP contribution in [0.25, 0.3) is 0 Å². The predicted octanol–water partition coefficient (Wildman–Crippen LogP) is 1.84. The normalized spacial score (nSPS) is 20.0. The number of amides is 1. The summed E-state index contributed by atoms with van der Waals surface area (Å²) in [7, 11) is 2.09. The van der Waals surface area contributed by atoms with E-state index in [9.17, 15) is 9.90 Å². The maximum Gasteiger partial charge on any atom is 0.255 e. The molecule has 1 fully saturated rings. The quantitative estimate of drug-likeness (QED) is 0.895. The van der Waals surface area contributed by atoms with E-state index in [4.69, 9.17) is 0 Å². The molecule has 1 unspecified atom stereocenters. The summed E-state index contributed by atoms with van der Waals surface area (Å²) < 4.78 is 0.758. The third kappa shape index (κ3) is 3.23. The number of rotatable bonds is 3. The molecule has 0 aliphatic carbocycles. The number of phenols is 1. The maximum atomic E-state index is 11.9. The standard InChI is InChI=1S/C13H17BrN2O2/c1-16-5-4-9(8-16)7-15-13(18)11-3-2-10(14)6-12(11)17/h2-3,6,9,17H,4-5,7-8H2,1H3,(H,15,18). The van der Waals surface area contributed by atoms with Gasteiger partial charge in [0.2, 0.25) is 0 Å². The summed E-state index contributed by atoms with van der Waals surface area (Å²) in [5.41, 5.74) is 0.324. The van der Waals surface area contributed by atoms with Crippen molar-refractivity contribution in [2.24, 2.45) is 5.92 Å². The highest BCUT2D eigenvalue weighted by Crippen LogP contribution is 2.22. The molecule has 4 nitrogen and oxygen atoms in total. The molecule has 0 saturated carbocycles. The van der Waals surface area contributed by atoms with Gasteiger partial charge in [0.25, 0.3) is 5.91 Å². The van der Waals surface area contributed by atoms with E-state index in [0.717, 1.165) is 24.0 Å². The van der Waals surface area contributed by atoms with Crippen molar-refractivity contribution in [2.45, 2.75) is 6.42 Å². The zero-order valence-electron chi connectivity index (χ0n) is 10.3. The Bertz CT molecular complexity index is 451. The third-order valence-electron chi connectivity index (χ3n) is 3.24. The van der Waals surface area contributed by atoms with Gasteiger partial charge in [0, 0.05) is 17.6 Å². The van der Waals surface area contributed by atoms with Crippen molar-refractivity contribution < 1.29 is 9.90 Å². The molecule has 1 saturated heterocycles. The van der Waals surface area contributed by atoms with E-state index in [1.165, 1.54) is 6.07 Å². The summed E-state index contributed by atoms with van der Waals surface area (Å²) in [6.07, 6.45) is 1.11. The largest absolute Gasteiger partial charge is 0.507 e. The first-order chi connectivity index (χ1) is 8.56. The minimum Gasteiger partial charge on any atom is -0.507 e. The van der Waals surface area contributed by atoms with Gasteiger partial charge in [-0.15, -0.1) is 0 Å². The van der Waals surface area contributed by atoms with E-state index < -0.39 is 0 Å². The van der Waals surface area contributed by atoms with Crippen LogP contribution in [0.1, 0.15) is 16.8 Å². The fraction of sp³-hybridized carbons (Fsp3) is 0.462. The maximum absolute atomic E-state index is 11.9. The van der Waals surface area contributed by atoms with Crippen LogP contribution in [0.15, 0.2) is 22.7 Å². The molecule has 0 aromatic heterocycles. The lowest BCUT2D eigenvalue weighted by Crippen LogP contribution is -2.30. The molecule has 5 heteroatoms. The van der Waals surface area contributed by atoms with Gasteiger partial charge in [0.1, 0.15) is 5.75 Å². The van der Waals surface area contributed by atoms with Gasteiger partial charge in [-0.1, -0.05) is 15.9 Å². The number of nitrogens with one attached hydrogen (secondary N) is 1. The van der Waals surface area contributed by atoms with Crippen LogP contribution in [0.5, 0.6) is 5.75 Å². The molecular formula is C13H17BrN2O2. The number of aromatic hydroxyl groups is 1. The molecule has 0 spiro atoms. The van der Waals surface area contributed by atoms with Gasteiger partial charge in [0.15, 0.2) is 0 Å². The van der Waals surface area contributed by atoms with Crippen molar-refractivity contribution in [2.75, 3.05) is 26.7 Å². The van der Waals surface area contributed by atoms with E-state index >= 15 is 0 Å². The molecule has 1 aromatic carbocycles. The first kappa shape index (κ1) is 13.4. The van der Waals surface area contributed by atoms with Crippen LogP contribution in [-0.2, 0) is 0 Å². The number of phenolic OH excluding ortho intramolecular Hbond substituents is 1. The summed E-state index contributed by atoms with van der Waals surface area (Å²) in [6.45, 7) is 2.77. The molecule has 98 valence electrons. The van der Waals surface area contributed by atoms with Gasteiger partial charge in [-0.25, -0.2) is 0 Å². The average molecular weight is 313 g/mol. The Hall–Kier alpha value is -1.07. The zero-order valence-corrected chi connectivity index (χ0v) is 11.9. The van der Waals surface area contributed by atoms with Crippen molar-refractivity contribution in [1.29, 1.82) is 0 Å². The molecule has 2 rings (SSSR count). The van der Waals surface area contributed by atoms with Gasteiger partial charge in [-0.05, 0) is 44.1 Å². The summed E-state index contributed by atoms with van der Waals surface area (Å²) in [5.74, 6) is 0.302. The second kappa shape index (κ2) is 5.71. The molecule has 1 amide bonds. The molecule has 2 N–H and O–H groups in total. The van der Waals surface area contributed by atoms with Crippen LogP contribution < -0.4 is 5.32 Å². The van der Waals surface area contributed by atoms with Crippen LogP contribution in [-0.4, -0.2) is 42.6 Å². The smallest absolute Gasteiger partial charge is 0.255 e. The van der Waals surface area contributed by atoms with Crippen LogP contribution in [0, 0.1) is 5.92 Å². The summed E-state index contributed by atoms with van der Waals surface area (Å²) in [6, 6.07) is 4.89. The molecule has 0 bridgehead atoms. The number of hydrogen-bond acceptors (Lipinski definition) is 3. The molecule has 1 aromatic rings. The van der Waals surface area contributed by atoms with Gasteiger partial charge < -0.3 is 15.3 Å². The number of nitrogens with zero attached hydrogens (tertiary/aromatic N) is 1. The molecule has 1 heterocycles. The van der Waals surface area contributed by atoms with Crippen LogP contribution in [0.4, 0.5) is 0 Å². The summed E-state index contributed by atoms with van der Waals surface area (Å²) in [5, 5.41) is 12.6. The Morgan fingerprint density at radius 2 is 2.39 bits per heavy atom. The number of hydrogen-bond donors (Lipinski definition) is 2. The average Bonchev–Trinajstić information content (AvgIpc) is 2.72. The Labute approximate surface area is 115 Å². The second-order valence-corrected chi connectivity index (χ2v) is 5.70. The summed E-state index contributed by atoms with van der Waals surface area (Å²) >= 11 is 3.25. The van der Waals surface area contributed by atoms with Crippen molar-refractivity contribution in [3.8, 4) is 5.75 Å². The Balaban J connectivity index is 1.91. The Morgan fingerprint density at radius 3 is 3.00 bits per heavy atom. The van der Waals surface area contributed by atoms with Gasteiger partial charge >= 0.3 is 0 Å². The highest BCUT2D eigenvalue weighted by molar-refractivity contribution is 9.10. The fourth-order valence-electron chi connectivity index (χ4n) is 2.22. The van der Waals surface area contributed by atoms with E-state index in [2.05, 4.69) is 33.2 Å². The van der Waals surface area contributed by atoms with Gasteiger partial charge in [-0.2, -0.15) is 0 Å². The van der Waals surface area contributed by atoms with Crippen molar-refractivity contribution in [3.63, 3.8) is 0 Å². The number of likely N-dealkylation sites (tertiary alicyclic amines) is 1. The number of halogens is 1. The Kier molecular flexibility index (Phi) is 4.24. The van der Waals surface area contributed by atoms with Crippen LogP contribution in [0.3, 0.4) is 0 Å². The highest BCUT2D eigenvalue weighted by Gasteiger charge is 2.20. The molecule has 18 heavy (non-hydrogen) atoms. The van der Waals surface area contributed by atoms with E-state index in [1.807, 2.05) is 0 Å². The minimum atomic E-state index is -0.213. The minimum absolute atomic E-state index is 0.00501. The van der Waals surface area contributed by atoms with Gasteiger partial charge in [-0.3, -0.25) is 4.79 Å². The molecule has 1 aliphatic rings. The molecular weight excluding hydrogens is 296 g/mol. The monoisotopic (exact) mass is 312 g/mol. The lowest BCUT2D eigenvalue weighted by Gasteiger charge is -2.12. The third-order valence-corrected chi connectivity index (χ3v) is 3.74. The lowest BCUT2D eigenvalue weighted by atomic mass is 10.1. The fourth-order valence-corrected chi connectivity index (χ4v) is 2.57. The topological polar surface area (TPSA) is 52.6 Å². The number of carbonyl (C=O) groups is 1. The van der Waals surface area contributed by atoms with E-state index in [0.29, 0.717) is 18.0 Å². The van der Waals surface area contributed by atoms with Crippen LogP contribution >= 0.6 is 15.9 Å². The van der Waals surface area contributed by atoms with E-state index in [-0.39, 0.29) is 11.7 Å². The first-order valence-electron chi connectivity index (χ1n) is 6.01. The zero-order chi connectivity index (χ0) is 13.1. The predicted molar refractivity (Wildman–Crippen MR) is 73.7 cm³/mol. The lowest BCUT2D eigenvalue weighted by molar-refractivity contribution is 0.0945. The van der Waals surface area contributed by atoms with Crippen molar-refractivity contribution in [3.05, 3.63) is 28.2 Å². The SMILES string of the molecule is CN1CCC(CNC(=O)c2ccc(Br)cc2O)C1. The van der Waals surface area contributed by atoms with Crippen molar-refractivity contribution in [1.82, 2.24) is 10.2 Å². The van der Waals surface area contributed by atoms with Crippen molar-refractivity contribution >= 4 is 21.8 Å². The molecule has 1 atom stereocenters. The second-order valence-electron chi connectivity index (χ2n) is 4.79. The molecule has 1 aliphatic heterocycles. The first-order valence-corrected chi connectivity index (χ1v) is 6.81. The summed E-state index contributed by atoms with van der Waals surface area (Å²) in [4.78, 5) is 14.2. The number of benzene rings is 1. The van der Waals surface area contributed by atoms with Crippen LogP contribution in [0.2, 0.25) is 0 Å². The van der Waals surface area contributed by atoms with E-state index in [1.54, 1.807) is 12.1 Å². The molecule has 0 radical (unpaired) electrons.